The fraction of sp³-hybridized carbons (Fsp3) is 0.435. The standard InChI is InChI=1S/C23H29NO5/c1-26-16-28-20-9-5-18(6-10-20)23(25)24-15-17-3-7-21(8-4-17)29-22-13-11-19(27-2)12-14-22/h5-6,9-14,17,21H,3-4,7-8,15-16H2,1-2H3,(H,24,25). The molecule has 0 spiro atoms. The first-order chi connectivity index (χ1) is 14.2. The van der Waals surface area contributed by atoms with E-state index in [1.807, 2.05) is 24.3 Å². The second kappa shape index (κ2) is 10.7. The first-order valence-corrected chi connectivity index (χ1v) is 9.98. The molecule has 0 bridgehead atoms. The van der Waals surface area contributed by atoms with E-state index in [1.54, 1.807) is 38.5 Å². The lowest BCUT2D eigenvalue weighted by molar-refractivity contribution is 0.0511. The number of hydrogen-bond acceptors (Lipinski definition) is 5. The SMILES string of the molecule is COCOc1ccc(C(=O)NCC2CCC(Oc3ccc(OC)cc3)CC2)cc1. The van der Waals surface area contributed by atoms with Crippen LogP contribution >= 0.6 is 0 Å². The van der Waals surface area contributed by atoms with Crippen molar-refractivity contribution in [1.82, 2.24) is 5.32 Å². The van der Waals surface area contributed by atoms with Crippen LogP contribution < -0.4 is 19.5 Å². The molecular formula is C23H29NO5. The highest BCUT2D eigenvalue weighted by atomic mass is 16.7. The maximum absolute atomic E-state index is 12.4. The Morgan fingerprint density at radius 1 is 0.897 bits per heavy atom. The van der Waals surface area contributed by atoms with E-state index < -0.39 is 0 Å². The van der Waals surface area contributed by atoms with Gasteiger partial charge < -0.3 is 24.3 Å². The third kappa shape index (κ3) is 6.39. The van der Waals surface area contributed by atoms with Gasteiger partial charge in [0, 0.05) is 19.2 Å². The molecule has 0 radical (unpaired) electrons. The lowest BCUT2D eigenvalue weighted by Crippen LogP contribution is -2.33. The van der Waals surface area contributed by atoms with Crippen molar-refractivity contribution in [3.8, 4) is 17.2 Å². The molecule has 2 aromatic rings. The largest absolute Gasteiger partial charge is 0.497 e. The molecule has 1 aliphatic rings. The number of nitrogens with one attached hydrogen (secondary N) is 1. The Bertz CT molecular complexity index is 752. The van der Waals surface area contributed by atoms with Crippen molar-refractivity contribution in [3.63, 3.8) is 0 Å². The van der Waals surface area contributed by atoms with Crippen molar-refractivity contribution in [2.75, 3.05) is 27.6 Å². The Balaban J connectivity index is 1.38. The molecule has 3 rings (SSSR count). The number of benzene rings is 2. The minimum absolute atomic E-state index is 0.0557. The molecule has 6 heteroatoms. The highest BCUT2D eigenvalue weighted by Gasteiger charge is 2.23. The number of carbonyl (C=O) groups excluding carboxylic acids is 1. The molecule has 1 fully saturated rings. The van der Waals surface area contributed by atoms with Crippen LogP contribution in [0, 0.1) is 5.92 Å². The number of methoxy groups -OCH3 is 2. The normalized spacial score (nSPS) is 18.7. The van der Waals surface area contributed by atoms with Crippen LogP contribution in [-0.2, 0) is 4.74 Å². The highest BCUT2D eigenvalue weighted by molar-refractivity contribution is 5.94. The van der Waals surface area contributed by atoms with Crippen molar-refractivity contribution in [2.45, 2.75) is 31.8 Å². The van der Waals surface area contributed by atoms with E-state index in [1.165, 1.54) is 0 Å². The predicted octanol–water partition coefficient (Wildman–Crippen LogP) is 4.05. The molecule has 156 valence electrons. The summed E-state index contributed by atoms with van der Waals surface area (Å²) in [5, 5.41) is 3.05. The van der Waals surface area contributed by atoms with E-state index in [0.29, 0.717) is 23.8 Å². The van der Waals surface area contributed by atoms with E-state index in [-0.39, 0.29) is 18.8 Å². The van der Waals surface area contributed by atoms with Gasteiger partial charge in [-0.05, 0) is 80.1 Å². The molecular weight excluding hydrogens is 370 g/mol. The van der Waals surface area contributed by atoms with E-state index in [0.717, 1.165) is 37.2 Å². The third-order valence-electron chi connectivity index (χ3n) is 5.17. The number of carbonyl (C=O) groups is 1. The summed E-state index contributed by atoms with van der Waals surface area (Å²) >= 11 is 0. The molecule has 2 aromatic carbocycles. The molecule has 0 heterocycles. The number of hydrogen-bond donors (Lipinski definition) is 1. The van der Waals surface area contributed by atoms with Crippen molar-refractivity contribution in [3.05, 3.63) is 54.1 Å². The van der Waals surface area contributed by atoms with Crippen molar-refractivity contribution < 1.29 is 23.7 Å². The molecule has 29 heavy (non-hydrogen) atoms. The molecule has 1 N–H and O–H groups in total. The van der Waals surface area contributed by atoms with Gasteiger partial charge in [-0.25, -0.2) is 0 Å². The summed E-state index contributed by atoms with van der Waals surface area (Å²) in [7, 11) is 3.23. The van der Waals surface area contributed by atoms with Gasteiger partial charge in [-0.15, -0.1) is 0 Å². The zero-order valence-corrected chi connectivity index (χ0v) is 17.1. The van der Waals surface area contributed by atoms with Gasteiger partial charge in [0.2, 0.25) is 0 Å². The molecule has 0 saturated heterocycles. The summed E-state index contributed by atoms with van der Waals surface area (Å²) in [5.41, 5.74) is 0.631. The Morgan fingerprint density at radius 3 is 2.14 bits per heavy atom. The van der Waals surface area contributed by atoms with Crippen LogP contribution in [0.1, 0.15) is 36.0 Å². The lowest BCUT2D eigenvalue weighted by Gasteiger charge is -2.29. The molecule has 1 saturated carbocycles. The first kappa shape index (κ1) is 21.0. The second-order valence-corrected chi connectivity index (χ2v) is 7.22. The predicted molar refractivity (Wildman–Crippen MR) is 111 cm³/mol. The van der Waals surface area contributed by atoms with E-state index in [2.05, 4.69) is 5.32 Å². The third-order valence-corrected chi connectivity index (χ3v) is 5.17. The van der Waals surface area contributed by atoms with Crippen LogP contribution in [0.15, 0.2) is 48.5 Å². The van der Waals surface area contributed by atoms with Gasteiger partial charge in [0.25, 0.3) is 5.91 Å². The van der Waals surface area contributed by atoms with E-state index in [9.17, 15) is 4.79 Å². The van der Waals surface area contributed by atoms with Gasteiger partial charge in [0.15, 0.2) is 6.79 Å². The molecule has 0 atom stereocenters. The Kier molecular flexibility index (Phi) is 7.76. The molecule has 0 aliphatic heterocycles. The summed E-state index contributed by atoms with van der Waals surface area (Å²) in [5.74, 6) is 2.81. The smallest absolute Gasteiger partial charge is 0.251 e. The van der Waals surface area contributed by atoms with Crippen molar-refractivity contribution in [2.24, 2.45) is 5.92 Å². The number of rotatable bonds is 9. The summed E-state index contributed by atoms with van der Waals surface area (Å²) in [6, 6.07) is 14.8. The van der Waals surface area contributed by atoms with Crippen LogP contribution in [-0.4, -0.2) is 39.6 Å². The molecule has 1 aliphatic carbocycles. The average Bonchev–Trinajstić information content (AvgIpc) is 2.78. The molecule has 0 unspecified atom stereocenters. The first-order valence-electron chi connectivity index (χ1n) is 9.98. The molecule has 6 nitrogen and oxygen atoms in total. The quantitative estimate of drug-likeness (QED) is 0.645. The average molecular weight is 399 g/mol. The molecule has 1 amide bonds. The van der Waals surface area contributed by atoms with Gasteiger partial charge in [-0.3, -0.25) is 4.79 Å². The van der Waals surface area contributed by atoms with Crippen molar-refractivity contribution >= 4 is 5.91 Å². The maximum Gasteiger partial charge on any atom is 0.251 e. The van der Waals surface area contributed by atoms with Gasteiger partial charge in [0.05, 0.1) is 13.2 Å². The van der Waals surface area contributed by atoms with Crippen LogP contribution in [0.25, 0.3) is 0 Å². The lowest BCUT2D eigenvalue weighted by atomic mass is 9.87. The van der Waals surface area contributed by atoms with Gasteiger partial charge in [-0.2, -0.15) is 0 Å². The number of amides is 1. The highest BCUT2D eigenvalue weighted by Crippen LogP contribution is 2.28. The Morgan fingerprint density at radius 2 is 1.52 bits per heavy atom. The minimum Gasteiger partial charge on any atom is -0.497 e. The van der Waals surface area contributed by atoms with E-state index >= 15 is 0 Å². The van der Waals surface area contributed by atoms with Crippen LogP contribution in [0.5, 0.6) is 17.2 Å². The minimum atomic E-state index is -0.0557. The topological polar surface area (TPSA) is 66.0 Å². The Labute approximate surface area is 172 Å². The van der Waals surface area contributed by atoms with E-state index in [4.69, 9.17) is 18.9 Å². The second-order valence-electron chi connectivity index (χ2n) is 7.22. The van der Waals surface area contributed by atoms with Gasteiger partial charge in [-0.1, -0.05) is 0 Å². The fourth-order valence-corrected chi connectivity index (χ4v) is 3.47. The monoisotopic (exact) mass is 399 g/mol. The summed E-state index contributed by atoms with van der Waals surface area (Å²) in [4.78, 5) is 12.4. The maximum atomic E-state index is 12.4. The zero-order valence-electron chi connectivity index (χ0n) is 17.1. The Hall–Kier alpha value is -2.73. The number of ether oxygens (including phenoxy) is 4. The summed E-state index contributed by atoms with van der Waals surface area (Å²) in [6.07, 6.45) is 4.32. The molecule has 0 aromatic heterocycles. The van der Waals surface area contributed by atoms with Crippen LogP contribution in [0.3, 0.4) is 0 Å². The van der Waals surface area contributed by atoms with Crippen LogP contribution in [0.2, 0.25) is 0 Å². The van der Waals surface area contributed by atoms with Crippen LogP contribution in [0.4, 0.5) is 0 Å². The summed E-state index contributed by atoms with van der Waals surface area (Å²) < 4.78 is 21.4. The van der Waals surface area contributed by atoms with Gasteiger partial charge in [0.1, 0.15) is 17.2 Å². The fourth-order valence-electron chi connectivity index (χ4n) is 3.47. The van der Waals surface area contributed by atoms with Gasteiger partial charge >= 0.3 is 0 Å². The zero-order chi connectivity index (χ0) is 20.5. The summed E-state index contributed by atoms with van der Waals surface area (Å²) in [6.45, 7) is 0.881. The van der Waals surface area contributed by atoms with Crippen molar-refractivity contribution in [1.29, 1.82) is 0 Å².